The molecule has 6 N–H and O–H groups in total. The Kier molecular flexibility index (Phi) is 6.87. The van der Waals surface area contributed by atoms with E-state index in [1.165, 1.54) is 10.9 Å². The average Bonchev–Trinajstić information content (AvgIpc) is 3.13. The molecule has 5 rings (SSSR count). The van der Waals surface area contributed by atoms with Gasteiger partial charge in [-0.3, -0.25) is 4.57 Å². The van der Waals surface area contributed by atoms with Crippen molar-refractivity contribution >= 4 is 34.2 Å². The maximum atomic E-state index is 12.2. The predicted molar refractivity (Wildman–Crippen MR) is 131 cm³/mol. The number of hydrogen-bond acceptors (Lipinski definition) is 10. The van der Waals surface area contributed by atoms with Gasteiger partial charge in [-0.25, -0.2) is 18.1 Å². The summed E-state index contributed by atoms with van der Waals surface area (Å²) in [6.07, 6.45) is 0.899. The molecule has 0 bridgehead atoms. The predicted octanol–water partition coefficient (Wildman–Crippen LogP) is -0.169. The molecular weight excluding hydrogens is 527 g/mol. The van der Waals surface area contributed by atoms with Crippen LogP contribution >= 0.6 is 7.60 Å². The number of aliphatic hydroxyl groups is 3. The van der Waals surface area contributed by atoms with E-state index in [0.29, 0.717) is 29.6 Å². The fraction of sp³-hybridized carbons (Fsp3) is 0.636. The number of hydrogen-bond donors (Lipinski definition) is 6. The lowest BCUT2D eigenvalue weighted by molar-refractivity contribution is -0.0364. The molecule has 37 heavy (non-hydrogen) atoms. The zero-order valence-corrected chi connectivity index (χ0v) is 21.5. The number of aliphatic hydroxyl groups excluding tert-OH is 2. The number of nitrogens with zero attached hydrogens (tertiary/aromatic N) is 3. The van der Waals surface area contributed by atoms with Crippen LogP contribution in [0.4, 0.5) is 5.69 Å². The zero-order chi connectivity index (χ0) is 26.6. The number of aromatic nitrogens is 3. The third-order valence-electron chi connectivity index (χ3n) is 6.79. The molecule has 0 unspecified atom stereocenters. The second-order valence-corrected chi connectivity index (χ2v) is 14.2. The van der Waals surface area contributed by atoms with E-state index < -0.39 is 58.8 Å². The molecular formula is C22H29N4O9PS. The first-order valence-corrected chi connectivity index (χ1v) is 15.6. The van der Waals surface area contributed by atoms with E-state index in [1.807, 2.05) is 0 Å². The molecule has 2 aliphatic carbocycles. The molecule has 1 saturated heterocycles. The van der Waals surface area contributed by atoms with Crippen LogP contribution in [0, 0.1) is 11.8 Å². The van der Waals surface area contributed by atoms with E-state index in [9.17, 15) is 28.3 Å². The van der Waals surface area contributed by atoms with Gasteiger partial charge in [0.05, 0.1) is 17.3 Å². The second kappa shape index (κ2) is 9.59. The van der Waals surface area contributed by atoms with Crippen LogP contribution in [0.25, 0.3) is 11.0 Å². The van der Waals surface area contributed by atoms with Gasteiger partial charge < -0.3 is 35.2 Å². The van der Waals surface area contributed by atoms with Gasteiger partial charge in [0.15, 0.2) is 27.2 Å². The Balaban J connectivity index is 1.47. The van der Waals surface area contributed by atoms with Gasteiger partial charge in [0.2, 0.25) is 0 Å². The van der Waals surface area contributed by atoms with Gasteiger partial charge >= 0.3 is 7.60 Å². The van der Waals surface area contributed by atoms with Crippen LogP contribution in [0.2, 0.25) is 0 Å². The molecule has 3 heterocycles. The van der Waals surface area contributed by atoms with Gasteiger partial charge in [0.25, 0.3) is 0 Å². The van der Waals surface area contributed by atoms with Crippen molar-refractivity contribution in [1.82, 2.24) is 14.8 Å². The maximum absolute atomic E-state index is 12.2. The molecule has 4 atom stereocenters. The first-order chi connectivity index (χ1) is 17.3. The summed E-state index contributed by atoms with van der Waals surface area (Å²) in [7, 11) is -9.18. The van der Waals surface area contributed by atoms with E-state index >= 15 is 0 Å². The minimum Gasteiger partial charge on any atom is -0.387 e. The normalized spacial score (nSPS) is 27.8. The molecule has 1 aliphatic heterocycles. The van der Waals surface area contributed by atoms with Crippen LogP contribution in [0.5, 0.6) is 0 Å². The largest absolute Gasteiger partial charge is 0.387 e. The summed E-state index contributed by atoms with van der Waals surface area (Å²) in [5, 5.41) is 39.7. The van der Waals surface area contributed by atoms with Gasteiger partial charge in [-0.05, 0) is 37.7 Å². The number of pyridine rings is 1. The highest BCUT2D eigenvalue weighted by Crippen LogP contribution is 2.39. The zero-order valence-electron chi connectivity index (χ0n) is 19.8. The lowest BCUT2D eigenvalue weighted by atomic mass is 10.1. The fourth-order valence-electron chi connectivity index (χ4n) is 4.73. The highest BCUT2D eigenvalue weighted by molar-refractivity contribution is 7.97. The third kappa shape index (κ3) is 6.00. The van der Waals surface area contributed by atoms with Gasteiger partial charge in [-0.15, -0.1) is 0 Å². The number of ether oxygens (including phenoxy) is 1. The Morgan fingerprint density at radius 1 is 1.22 bits per heavy atom. The van der Waals surface area contributed by atoms with E-state index in [2.05, 4.69) is 27.2 Å². The Bertz CT molecular complexity index is 1400. The van der Waals surface area contributed by atoms with Gasteiger partial charge in [0, 0.05) is 11.7 Å². The Morgan fingerprint density at radius 2 is 1.92 bits per heavy atom. The Morgan fingerprint density at radius 3 is 2.57 bits per heavy atom. The lowest BCUT2D eigenvalue weighted by Crippen LogP contribution is -2.36. The number of rotatable bonds is 7. The van der Waals surface area contributed by atoms with Crippen molar-refractivity contribution in [3.8, 4) is 11.8 Å². The molecule has 3 aliphatic rings. The summed E-state index contributed by atoms with van der Waals surface area (Å²) in [6, 6.07) is 2.02. The molecule has 0 amide bonds. The minimum absolute atomic E-state index is 0.251. The van der Waals surface area contributed by atoms with Gasteiger partial charge in [-0.2, -0.15) is 5.10 Å². The molecule has 13 nitrogen and oxygen atoms in total. The number of fused-ring (bicyclic) bond motifs is 1. The molecule has 0 aromatic carbocycles. The SMILES string of the molecule is O=P(O)(O)CS(=O)(=O)C[C@H]1O[C@@H](n2ncc3c(NC4CCCC4)cc(C#CC4(O)CC4)nc32)[C@H](O)[C@@H]1O. The second-order valence-electron chi connectivity index (χ2n) is 10.0. The minimum atomic E-state index is -4.87. The van der Waals surface area contributed by atoms with E-state index in [4.69, 9.17) is 14.5 Å². The highest BCUT2D eigenvalue weighted by Gasteiger charge is 2.47. The molecule has 0 radical (unpaired) electrons. The lowest BCUT2D eigenvalue weighted by Gasteiger charge is -2.17. The van der Waals surface area contributed by atoms with Crippen LogP contribution in [0.3, 0.4) is 0 Å². The molecule has 202 valence electrons. The molecule has 3 fully saturated rings. The summed E-state index contributed by atoms with van der Waals surface area (Å²) in [5.41, 5.74) is -1.08. The van der Waals surface area contributed by atoms with E-state index in [1.54, 1.807) is 6.07 Å². The topological polar surface area (TPSA) is 204 Å². The molecule has 0 spiro atoms. The molecule has 2 aromatic rings. The van der Waals surface area contributed by atoms with Gasteiger partial charge in [-0.1, -0.05) is 18.8 Å². The first kappa shape index (κ1) is 26.5. The standard InChI is InChI=1S/C22H29N4O9PS/c27-18-17(11-37(33,34)12-36(30,31)32)35-21(19(18)28)26-20-15(10-23-26)16(24-13-3-1-2-4-13)9-14(25-20)5-6-22(29)7-8-22/h9-10,13,17-19,21,27-29H,1-4,7-8,11-12H2,(H,24,25)(H2,30,31,32)/t17-,18-,19-,21-/m1/s1. The number of sulfone groups is 1. The maximum Gasteiger partial charge on any atom is 0.340 e. The smallest absolute Gasteiger partial charge is 0.340 e. The van der Waals surface area contributed by atoms with Crippen LogP contribution in [-0.2, 0) is 19.1 Å². The molecule has 2 saturated carbocycles. The summed E-state index contributed by atoms with van der Waals surface area (Å²) in [6.45, 7) is 0. The van der Waals surface area contributed by atoms with Crippen LogP contribution in [0.1, 0.15) is 50.4 Å². The van der Waals surface area contributed by atoms with Crippen LogP contribution < -0.4 is 5.32 Å². The van der Waals surface area contributed by atoms with E-state index in [0.717, 1.165) is 25.7 Å². The summed E-state index contributed by atoms with van der Waals surface area (Å²) in [5.74, 6) is 4.81. The van der Waals surface area contributed by atoms with Crippen LogP contribution in [0.15, 0.2) is 12.3 Å². The summed E-state index contributed by atoms with van der Waals surface area (Å²) < 4.78 is 42.5. The Labute approximate surface area is 212 Å². The summed E-state index contributed by atoms with van der Waals surface area (Å²) >= 11 is 0. The summed E-state index contributed by atoms with van der Waals surface area (Å²) in [4.78, 5) is 22.6. The quantitative estimate of drug-likeness (QED) is 0.194. The Hall–Kier alpha value is -2.08. The van der Waals surface area contributed by atoms with E-state index in [-0.39, 0.29) is 11.7 Å². The van der Waals surface area contributed by atoms with Crippen molar-refractivity contribution in [2.75, 3.05) is 16.6 Å². The fourth-order valence-corrected chi connectivity index (χ4v) is 7.98. The van der Waals surface area contributed by atoms with Crippen molar-refractivity contribution in [2.45, 2.75) is 74.7 Å². The third-order valence-corrected chi connectivity index (χ3v) is 10.5. The highest BCUT2D eigenvalue weighted by atomic mass is 32.2. The monoisotopic (exact) mass is 556 g/mol. The van der Waals surface area contributed by atoms with Crippen molar-refractivity contribution < 1.29 is 42.8 Å². The van der Waals surface area contributed by atoms with Crippen molar-refractivity contribution in [1.29, 1.82) is 0 Å². The van der Waals surface area contributed by atoms with Crippen molar-refractivity contribution in [3.63, 3.8) is 0 Å². The van der Waals surface area contributed by atoms with Gasteiger partial charge in [0.1, 0.15) is 29.6 Å². The number of anilines is 1. The first-order valence-electron chi connectivity index (χ1n) is 12.0. The van der Waals surface area contributed by atoms with Crippen molar-refractivity contribution in [2.24, 2.45) is 0 Å². The number of nitrogens with one attached hydrogen (secondary N) is 1. The molecule has 15 heteroatoms. The van der Waals surface area contributed by atoms with Crippen LogP contribution in [-0.4, -0.2) is 89.5 Å². The van der Waals surface area contributed by atoms with Crippen molar-refractivity contribution in [3.05, 3.63) is 18.0 Å². The average molecular weight is 557 g/mol. The molecule has 2 aromatic heterocycles.